The summed E-state index contributed by atoms with van der Waals surface area (Å²) in [5.41, 5.74) is 13.0. The van der Waals surface area contributed by atoms with Gasteiger partial charge >= 0.3 is 275 Å². The third kappa shape index (κ3) is 6.12. The van der Waals surface area contributed by atoms with Crippen molar-refractivity contribution in [2.75, 3.05) is 0 Å². The van der Waals surface area contributed by atoms with Crippen LogP contribution in [0.3, 0.4) is 0 Å². The van der Waals surface area contributed by atoms with Crippen molar-refractivity contribution >= 4 is 32.8 Å². The molecule has 3 heterocycles. The number of pyridine rings is 1. The van der Waals surface area contributed by atoms with E-state index in [1.165, 1.54) is 27.6 Å². The van der Waals surface area contributed by atoms with Crippen molar-refractivity contribution in [2.45, 2.75) is 112 Å². The first-order chi connectivity index (χ1) is 28.1. The molecule has 0 saturated heterocycles. The van der Waals surface area contributed by atoms with Crippen LogP contribution in [-0.2, 0) is 41.0 Å². The summed E-state index contributed by atoms with van der Waals surface area (Å²) in [5.74, 6) is 2.11. The Kier molecular flexibility index (Phi) is 9.10. The second kappa shape index (κ2) is 13.5. The molecule has 1 aliphatic carbocycles. The average Bonchev–Trinajstić information content (AvgIpc) is 3.69. The molecule has 9 rings (SSSR count). The Labute approximate surface area is 366 Å². The molecule has 0 radical (unpaired) electrons. The summed E-state index contributed by atoms with van der Waals surface area (Å²) in [7, 11) is 0. The number of nitrogens with zero attached hydrogens (tertiary/aromatic N) is 4. The predicted octanol–water partition coefficient (Wildman–Crippen LogP) is 13.9. The first-order valence-corrected chi connectivity index (χ1v) is 22.3. The summed E-state index contributed by atoms with van der Waals surface area (Å²) < 4.78 is 14.7. The predicted molar refractivity (Wildman–Crippen MR) is 244 cm³/mol. The summed E-state index contributed by atoms with van der Waals surface area (Å²) in [6.07, 6.45) is 1.90. The van der Waals surface area contributed by atoms with E-state index < -0.39 is 0 Å². The van der Waals surface area contributed by atoms with E-state index in [0.717, 1.165) is 54.0 Å². The molecular formula is C54H56N4OPt-2. The normalized spacial score (nSPS) is 15.9. The summed E-state index contributed by atoms with van der Waals surface area (Å²) in [5, 5.41) is 2.33. The van der Waals surface area contributed by atoms with Crippen LogP contribution < -0.4 is 4.74 Å². The molecule has 0 bridgehead atoms. The van der Waals surface area contributed by atoms with Gasteiger partial charge in [-0.05, 0) is 45.9 Å². The minimum atomic E-state index is -0.0336. The average molecular weight is 972 g/mol. The Balaban J connectivity index is 1.18. The number of imidazole rings is 1. The van der Waals surface area contributed by atoms with Crippen LogP contribution in [-0.4, -0.2) is 18.7 Å². The number of ether oxygens (including phenoxy) is 1. The van der Waals surface area contributed by atoms with E-state index in [-0.39, 0.29) is 27.1 Å². The second-order valence-corrected chi connectivity index (χ2v) is 21.6. The van der Waals surface area contributed by atoms with Gasteiger partial charge in [-0.1, -0.05) is 41.5 Å². The van der Waals surface area contributed by atoms with E-state index in [1.54, 1.807) is 0 Å². The van der Waals surface area contributed by atoms with Crippen molar-refractivity contribution in [3.8, 4) is 28.7 Å². The quantitative estimate of drug-likeness (QED) is 0.161. The van der Waals surface area contributed by atoms with Gasteiger partial charge in [0.15, 0.2) is 0 Å². The van der Waals surface area contributed by atoms with Crippen molar-refractivity contribution in [1.82, 2.24) is 18.7 Å². The van der Waals surface area contributed by atoms with E-state index in [1.807, 2.05) is 30.5 Å². The number of fused-ring (bicyclic) bond motifs is 5. The van der Waals surface area contributed by atoms with Gasteiger partial charge in [0.25, 0.3) is 0 Å². The fraction of sp³-hybridized carbons (Fsp3) is 0.333. The molecule has 5 nitrogen and oxygen atoms in total. The topological polar surface area (TPSA) is 36.9 Å². The standard InChI is InChI=1S/C54H56N4O.Pt/c1-34-25-26-55-49(27-34)58-46-30-40(22-23-41(46)42-31-43-44(32-47(42)58)53(10,11)54(12,13)52(43,8)9)59-39-16-14-15-38(29-39)57-33-56(37-20-17-35(18-21-37)50(2,3)4)48-28-36(51(5,6)7)19-24-45(48)57;/h14-28,31-32H,1-13H3;/q-2;. The van der Waals surface area contributed by atoms with Crippen molar-refractivity contribution in [1.29, 1.82) is 0 Å². The zero-order valence-electron chi connectivity index (χ0n) is 37.3. The number of rotatable bonds is 5. The van der Waals surface area contributed by atoms with E-state index in [2.05, 4.69) is 208 Å². The van der Waals surface area contributed by atoms with Gasteiger partial charge in [-0.3, -0.25) is 0 Å². The molecule has 0 aliphatic heterocycles. The van der Waals surface area contributed by atoms with Crippen LogP contribution >= 0.6 is 0 Å². The minimum absolute atomic E-state index is 0.00140. The molecule has 310 valence electrons. The fourth-order valence-electron chi connectivity index (χ4n) is 9.35. The number of hydrogen-bond donors (Lipinski definition) is 0. The molecule has 0 fully saturated rings. The molecule has 8 aromatic rings. The third-order valence-corrected chi connectivity index (χ3v) is 15.3. The van der Waals surface area contributed by atoms with Gasteiger partial charge < -0.3 is 0 Å². The van der Waals surface area contributed by atoms with E-state index in [0.29, 0.717) is 11.5 Å². The van der Waals surface area contributed by atoms with E-state index in [9.17, 15) is 0 Å². The van der Waals surface area contributed by atoms with Gasteiger partial charge in [0, 0.05) is 6.20 Å². The van der Waals surface area contributed by atoms with Crippen LogP contribution in [0.4, 0.5) is 0 Å². The summed E-state index contributed by atoms with van der Waals surface area (Å²) in [4.78, 5) is 4.91. The van der Waals surface area contributed by atoms with Crippen LogP contribution in [0.2, 0.25) is 0 Å². The van der Waals surface area contributed by atoms with Crippen molar-refractivity contribution < 1.29 is 24.1 Å². The molecule has 0 amide bonds. The van der Waals surface area contributed by atoms with Gasteiger partial charge in [-0.25, -0.2) is 0 Å². The molecule has 0 spiro atoms. The fourth-order valence-corrected chi connectivity index (χ4v) is 10.5. The number of aromatic nitrogens is 4. The monoisotopic (exact) mass is 971 g/mol. The molecule has 0 N–H and O–H groups in total. The Hall–Kier alpha value is -4.99. The Morgan fingerprint density at radius 2 is 1.25 bits per heavy atom. The van der Waals surface area contributed by atoms with Gasteiger partial charge in [0.2, 0.25) is 0 Å². The first kappa shape index (κ1) is 40.4. The number of benzene rings is 5. The maximum absolute atomic E-state index is 6.72. The van der Waals surface area contributed by atoms with Crippen LogP contribution in [0, 0.1) is 28.3 Å². The summed E-state index contributed by atoms with van der Waals surface area (Å²) >= 11 is 2.47. The molecule has 0 saturated carbocycles. The van der Waals surface area contributed by atoms with Gasteiger partial charge in [0.1, 0.15) is 0 Å². The van der Waals surface area contributed by atoms with Crippen molar-refractivity contribution in [3.63, 3.8) is 0 Å². The molecule has 3 aromatic heterocycles. The number of aryl methyl sites for hydroxylation is 1. The van der Waals surface area contributed by atoms with Crippen LogP contribution in [0.15, 0.2) is 103 Å². The van der Waals surface area contributed by atoms with E-state index >= 15 is 0 Å². The van der Waals surface area contributed by atoms with E-state index in [4.69, 9.17) is 9.72 Å². The summed E-state index contributed by atoms with van der Waals surface area (Å²) in [6, 6.07) is 42.7. The molecular weight excluding hydrogens is 916 g/mol. The maximum atomic E-state index is 6.72. The van der Waals surface area contributed by atoms with Crippen LogP contribution in [0.5, 0.6) is 11.5 Å². The van der Waals surface area contributed by atoms with Gasteiger partial charge in [-0.15, -0.1) is 0 Å². The minimum Gasteiger partial charge on any atom is -0.0582 e. The second-order valence-electron chi connectivity index (χ2n) is 20.6. The first-order valence-electron chi connectivity index (χ1n) is 21.1. The van der Waals surface area contributed by atoms with Crippen molar-refractivity contribution in [3.05, 3.63) is 147 Å². The van der Waals surface area contributed by atoms with Gasteiger partial charge in [0.05, 0.1) is 0 Å². The summed E-state index contributed by atoms with van der Waals surface area (Å²) in [6.45, 7) is 30.2. The van der Waals surface area contributed by atoms with Crippen LogP contribution in [0.1, 0.15) is 111 Å². The van der Waals surface area contributed by atoms with Gasteiger partial charge in [-0.2, -0.15) is 0 Å². The number of hydrogen-bond acceptors (Lipinski definition) is 2. The molecule has 0 unspecified atom stereocenters. The third-order valence-electron chi connectivity index (χ3n) is 14.3. The van der Waals surface area contributed by atoms with Crippen LogP contribution in [0.25, 0.3) is 50.0 Å². The smallest absolute Gasteiger partial charge is 0.0582 e. The Bertz CT molecular complexity index is 3080. The molecule has 1 aliphatic rings. The molecule has 0 atom stereocenters. The molecule has 60 heavy (non-hydrogen) atoms. The van der Waals surface area contributed by atoms with Crippen molar-refractivity contribution in [2.24, 2.45) is 5.41 Å². The SMILES string of the molecule is Cc1ccnc(-n2c3[c-]c(Oc4[c-]c(-n5[c](=[Pt])n(-c6ccc(C(C)(C)C)cc6)c6cc(C(C)(C)C)ccc65)ccc4)ccc3c3cc4c(cc32)C(C)(C)C(C)(C)C4(C)C)c1. The molecule has 5 aromatic carbocycles. The Morgan fingerprint density at radius 3 is 1.92 bits per heavy atom. The Morgan fingerprint density at radius 1 is 0.600 bits per heavy atom. The molecule has 6 heteroatoms. The zero-order chi connectivity index (χ0) is 42.9. The zero-order valence-corrected chi connectivity index (χ0v) is 39.6.